The number of hydrogen-bond acceptors (Lipinski definition) is 5. The van der Waals surface area contributed by atoms with Gasteiger partial charge in [0.25, 0.3) is 0 Å². The molecule has 0 unspecified atom stereocenters. The third-order valence-corrected chi connectivity index (χ3v) is 8.00. The molecule has 216 valence electrons. The van der Waals surface area contributed by atoms with Crippen LogP contribution in [0.2, 0.25) is 0 Å². The highest BCUT2D eigenvalue weighted by atomic mass is 15.0. The van der Waals surface area contributed by atoms with Gasteiger partial charge in [0.15, 0.2) is 17.5 Å². The van der Waals surface area contributed by atoms with E-state index in [-0.39, 0.29) is 0 Å². The van der Waals surface area contributed by atoms with E-state index in [2.05, 4.69) is 77.8 Å². The van der Waals surface area contributed by atoms with E-state index in [1.807, 2.05) is 91.1 Å². The summed E-state index contributed by atoms with van der Waals surface area (Å²) in [6, 6.07) is 53.3. The van der Waals surface area contributed by atoms with Crippen LogP contribution in [0.25, 0.3) is 78.7 Å². The van der Waals surface area contributed by atoms with Gasteiger partial charge in [0.05, 0.1) is 16.9 Å². The minimum absolute atomic E-state index is 0.639. The topological polar surface area (TPSA) is 64.5 Å². The third kappa shape index (κ3) is 5.42. The maximum absolute atomic E-state index is 5.02. The molecule has 0 aliphatic rings. The van der Waals surface area contributed by atoms with Crippen LogP contribution < -0.4 is 0 Å². The smallest absolute Gasteiger partial charge is 0.164 e. The molecule has 0 radical (unpaired) electrons. The molecule has 8 rings (SSSR count). The summed E-state index contributed by atoms with van der Waals surface area (Å²) in [6.07, 6.45) is 1.83. The molecule has 0 saturated carbocycles. The number of aromatic nitrogens is 5. The molecule has 3 aromatic heterocycles. The van der Waals surface area contributed by atoms with E-state index in [1.165, 1.54) is 0 Å². The van der Waals surface area contributed by atoms with E-state index in [1.54, 1.807) is 0 Å². The number of rotatable bonds is 6. The number of fused-ring (bicyclic) bond motifs is 1. The Kier molecular flexibility index (Phi) is 7.09. The fourth-order valence-electron chi connectivity index (χ4n) is 5.64. The van der Waals surface area contributed by atoms with E-state index in [9.17, 15) is 0 Å². The van der Waals surface area contributed by atoms with Crippen molar-refractivity contribution >= 4 is 10.9 Å². The Morgan fingerprint density at radius 3 is 1.48 bits per heavy atom. The molecule has 0 aliphatic heterocycles. The van der Waals surface area contributed by atoms with Crippen LogP contribution in [0.4, 0.5) is 0 Å². The Balaban J connectivity index is 1.12. The van der Waals surface area contributed by atoms with Crippen LogP contribution in [0.15, 0.2) is 164 Å². The highest BCUT2D eigenvalue weighted by Gasteiger charge is 2.13. The average Bonchev–Trinajstić information content (AvgIpc) is 3.15. The fourth-order valence-corrected chi connectivity index (χ4v) is 5.64. The molecule has 5 heteroatoms. The Morgan fingerprint density at radius 2 is 0.870 bits per heavy atom. The minimum Gasteiger partial charge on any atom is -0.256 e. The Labute approximate surface area is 267 Å². The monoisotopic (exact) mass is 589 g/mol. The van der Waals surface area contributed by atoms with Crippen LogP contribution in [0, 0.1) is 0 Å². The molecule has 0 saturated heterocycles. The number of pyridine rings is 2. The summed E-state index contributed by atoms with van der Waals surface area (Å²) in [7, 11) is 0. The largest absolute Gasteiger partial charge is 0.256 e. The van der Waals surface area contributed by atoms with Gasteiger partial charge in [-0.25, -0.2) is 19.9 Å². The second kappa shape index (κ2) is 12.0. The lowest BCUT2D eigenvalue weighted by Gasteiger charge is -2.10. The second-order valence-electron chi connectivity index (χ2n) is 11.0. The van der Waals surface area contributed by atoms with Crippen LogP contribution in [0.1, 0.15) is 0 Å². The zero-order valence-corrected chi connectivity index (χ0v) is 24.8. The van der Waals surface area contributed by atoms with Crippen LogP contribution in [-0.4, -0.2) is 24.9 Å². The molecule has 5 nitrogen and oxygen atoms in total. The van der Waals surface area contributed by atoms with Gasteiger partial charge in [0.2, 0.25) is 0 Å². The molecular formula is C41H27N5. The SMILES string of the molecule is c1ccc(-c2nc(-c3ccccc3)nc(-c3ccc(-c4ccc5nc(-c6cccnc6-c6ccccc6)ccc5c4)cc3)n2)cc1. The molecule has 8 aromatic rings. The maximum atomic E-state index is 5.02. The van der Waals surface area contributed by atoms with Gasteiger partial charge in [-0.15, -0.1) is 0 Å². The lowest BCUT2D eigenvalue weighted by atomic mass is 10.00. The van der Waals surface area contributed by atoms with E-state index >= 15 is 0 Å². The summed E-state index contributed by atoms with van der Waals surface area (Å²) >= 11 is 0. The summed E-state index contributed by atoms with van der Waals surface area (Å²) in [5, 5.41) is 1.08. The van der Waals surface area contributed by atoms with Gasteiger partial charge in [0.1, 0.15) is 0 Å². The summed E-state index contributed by atoms with van der Waals surface area (Å²) in [5.41, 5.74) is 9.91. The van der Waals surface area contributed by atoms with Crippen molar-refractivity contribution in [2.45, 2.75) is 0 Å². The normalized spacial score (nSPS) is 11.0. The van der Waals surface area contributed by atoms with Crippen LogP contribution in [-0.2, 0) is 0 Å². The quantitative estimate of drug-likeness (QED) is 0.193. The average molecular weight is 590 g/mol. The number of hydrogen-bond donors (Lipinski definition) is 0. The second-order valence-corrected chi connectivity index (χ2v) is 11.0. The Bertz CT molecular complexity index is 2230. The van der Waals surface area contributed by atoms with Gasteiger partial charge in [-0.1, -0.05) is 127 Å². The molecule has 0 N–H and O–H groups in total. The zero-order chi connectivity index (χ0) is 30.7. The predicted molar refractivity (Wildman–Crippen MR) is 186 cm³/mol. The lowest BCUT2D eigenvalue weighted by Crippen LogP contribution is -2.00. The van der Waals surface area contributed by atoms with E-state index in [0.717, 1.165) is 61.2 Å². The van der Waals surface area contributed by atoms with Gasteiger partial charge in [-0.05, 0) is 41.5 Å². The summed E-state index contributed by atoms with van der Waals surface area (Å²) in [4.78, 5) is 24.2. The van der Waals surface area contributed by atoms with Gasteiger partial charge in [-0.2, -0.15) is 0 Å². The molecule has 0 atom stereocenters. The first kappa shape index (κ1) is 27.2. The van der Waals surface area contributed by atoms with Crippen LogP contribution in [0.3, 0.4) is 0 Å². The highest BCUT2D eigenvalue weighted by molar-refractivity contribution is 5.88. The first-order valence-electron chi connectivity index (χ1n) is 15.2. The molecule has 46 heavy (non-hydrogen) atoms. The maximum Gasteiger partial charge on any atom is 0.164 e. The standard InChI is InChI=1S/C41H27N5/c1-4-11-29(12-5-1)38-35(17-10-26-42-38)37-25-23-34-27-33(22-24-36(34)43-37)28-18-20-32(21-19-28)41-45-39(30-13-6-2-7-14-30)44-40(46-41)31-15-8-3-9-16-31/h1-27H. The van der Waals surface area contributed by atoms with Crippen molar-refractivity contribution in [2.24, 2.45) is 0 Å². The van der Waals surface area contributed by atoms with Crippen molar-refractivity contribution in [3.8, 4) is 67.8 Å². The Morgan fingerprint density at radius 1 is 0.348 bits per heavy atom. The van der Waals surface area contributed by atoms with Crippen LogP contribution >= 0.6 is 0 Å². The summed E-state index contributed by atoms with van der Waals surface area (Å²) < 4.78 is 0. The van der Waals surface area contributed by atoms with Crippen molar-refractivity contribution in [1.29, 1.82) is 0 Å². The van der Waals surface area contributed by atoms with E-state index < -0.39 is 0 Å². The molecule has 0 spiro atoms. The molecule has 3 heterocycles. The van der Waals surface area contributed by atoms with Gasteiger partial charge >= 0.3 is 0 Å². The van der Waals surface area contributed by atoms with E-state index in [4.69, 9.17) is 19.9 Å². The van der Waals surface area contributed by atoms with Gasteiger partial charge in [-0.3, -0.25) is 4.98 Å². The van der Waals surface area contributed by atoms with Gasteiger partial charge in [0, 0.05) is 39.4 Å². The fraction of sp³-hybridized carbons (Fsp3) is 0. The Hall–Kier alpha value is -6.33. The van der Waals surface area contributed by atoms with Crippen molar-refractivity contribution < 1.29 is 0 Å². The number of benzene rings is 5. The third-order valence-electron chi connectivity index (χ3n) is 8.00. The molecule has 5 aromatic carbocycles. The minimum atomic E-state index is 0.639. The number of nitrogens with zero attached hydrogens (tertiary/aromatic N) is 5. The van der Waals surface area contributed by atoms with Crippen molar-refractivity contribution in [2.75, 3.05) is 0 Å². The molecular weight excluding hydrogens is 562 g/mol. The van der Waals surface area contributed by atoms with Crippen LogP contribution in [0.5, 0.6) is 0 Å². The summed E-state index contributed by atoms with van der Waals surface area (Å²) in [5.74, 6) is 1.94. The van der Waals surface area contributed by atoms with Crippen molar-refractivity contribution in [3.05, 3.63) is 164 Å². The van der Waals surface area contributed by atoms with Crippen molar-refractivity contribution in [1.82, 2.24) is 24.9 Å². The zero-order valence-electron chi connectivity index (χ0n) is 24.8. The first-order chi connectivity index (χ1) is 22.8. The highest BCUT2D eigenvalue weighted by Crippen LogP contribution is 2.32. The summed E-state index contributed by atoms with van der Waals surface area (Å²) in [6.45, 7) is 0. The van der Waals surface area contributed by atoms with Crippen molar-refractivity contribution in [3.63, 3.8) is 0 Å². The predicted octanol–water partition coefficient (Wildman–Crippen LogP) is 9.82. The molecule has 0 bridgehead atoms. The first-order valence-corrected chi connectivity index (χ1v) is 15.2. The molecule has 0 fully saturated rings. The van der Waals surface area contributed by atoms with E-state index in [0.29, 0.717) is 17.5 Å². The van der Waals surface area contributed by atoms with Gasteiger partial charge < -0.3 is 0 Å². The molecule has 0 aliphatic carbocycles. The molecule has 0 amide bonds. The lowest BCUT2D eigenvalue weighted by molar-refractivity contribution is 1.07.